The van der Waals surface area contributed by atoms with Crippen molar-refractivity contribution in [3.63, 3.8) is 0 Å². The van der Waals surface area contributed by atoms with Crippen LogP contribution in [0.15, 0.2) is 79.4 Å². The standard InChI is InChI=1S/C22H20N4S.C15H12ClN3S/c1-2-6-15(7-3-1)14-24-21-19-17-8-4-5-9-18(17)27-22(19)26-20(25-21)16-10-12-23-13-11-16;16-13-12-10-3-1-2-4-11(10)20-15(12)19-14(18-13)9-5-7-17-8-6-9/h1-3,6-7,10-13H,4-5,8-9,14H2,(H,24,25,26);5-8H,1-4H2. The lowest BCUT2D eigenvalue weighted by atomic mass is 9.97. The van der Waals surface area contributed by atoms with E-state index in [-0.39, 0.29) is 0 Å². The molecule has 47 heavy (non-hydrogen) atoms. The van der Waals surface area contributed by atoms with Gasteiger partial charge >= 0.3 is 0 Å². The molecule has 0 saturated carbocycles. The molecule has 6 heterocycles. The van der Waals surface area contributed by atoms with E-state index in [9.17, 15) is 0 Å². The van der Waals surface area contributed by atoms with Crippen molar-refractivity contribution in [3.8, 4) is 22.8 Å². The summed E-state index contributed by atoms with van der Waals surface area (Å²) in [6, 6.07) is 18.2. The normalized spacial score (nSPS) is 13.9. The average molecular weight is 674 g/mol. The van der Waals surface area contributed by atoms with Gasteiger partial charge in [0.1, 0.15) is 20.6 Å². The SMILES string of the molecule is Clc1nc(-c2ccncc2)nc2sc3c(c12)CCCC3.c1ccc(CNc2nc(-c3ccncc3)nc3sc4c(c23)CCCC4)cc1. The maximum atomic E-state index is 6.43. The molecule has 0 radical (unpaired) electrons. The minimum absolute atomic E-state index is 0.584. The summed E-state index contributed by atoms with van der Waals surface area (Å²) < 4.78 is 0. The molecule has 1 aromatic carbocycles. The van der Waals surface area contributed by atoms with Crippen LogP contribution in [0.2, 0.25) is 5.15 Å². The van der Waals surface area contributed by atoms with Gasteiger partial charge in [0, 0.05) is 52.2 Å². The third-order valence-electron chi connectivity index (χ3n) is 8.77. The Labute approximate surface area is 286 Å². The summed E-state index contributed by atoms with van der Waals surface area (Å²) in [6.45, 7) is 0.757. The molecule has 0 unspecified atom stereocenters. The molecule has 0 amide bonds. The summed E-state index contributed by atoms with van der Waals surface area (Å²) in [5, 5.41) is 6.47. The summed E-state index contributed by atoms with van der Waals surface area (Å²) in [5.74, 6) is 2.40. The first-order valence-electron chi connectivity index (χ1n) is 16.1. The number of thiophene rings is 2. The molecule has 0 bridgehead atoms. The van der Waals surface area contributed by atoms with Crippen LogP contribution < -0.4 is 5.32 Å². The maximum Gasteiger partial charge on any atom is 0.163 e. The molecule has 0 atom stereocenters. The minimum Gasteiger partial charge on any atom is -0.365 e. The third-order valence-corrected chi connectivity index (χ3v) is 11.4. The van der Waals surface area contributed by atoms with E-state index in [2.05, 4.69) is 44.5 Å². The second-order valence-corrected chi connectivity index (χ2v) is 14.4. The number of nitrogens with zero attached hydrogens (tertiary/aromatic N) is 6. The lowest BCUT2D eigenvalue weighted by Gasteiger charge is -2.13. The van der Waals surface area contributed by atoms with Gasteiger partial charge in [0.2, 0.25) is 0 Å². The zero-order valence-corrected chi connectivity index (χ0v) is 28.1. The first-order chi connectivity index (χ1) is 23.2. The number of pyridine rings is 2. The Morgan fingerprint density at radius 2 is 1.13 bits per heavy atom. The molecule has 0 aliphatic heterocycles. The second kappa shape index (κ2) is 13.4. The number of fused-ring (bicyclic) bond motifs is 6. The number of halogens is 1. The smallest absolute Gasteiger partial charge is 0.163 e. The van der Waals surface area contributed by atoms with E-state index < -0.39 is 0 Å². The van der Waals surface area contributed by atoms with Gasteiger partial charge in [-0.1, -0.05) is 41.9 Å². The number of aromatic nitrogens is 6. The number of rotatable bonds is 5. The van der Waals surface area contributed by atoms with Gasteiger partial charge < -0.3 is 5.32 Å². The van der Waals surface area contributed by atoms with Gasteiger partial charge in [0.15, 0.2) is 11.6 Å². The zero-order chi connectivity index (χ0) is 31.6. The minimum atomic E-state index is 0.584. The highest BCUT2D eigenvalue weighted by Gasteiger charge is 2.22. The van der Waals surface area contributed by atoms with E-state index in [0.717, 1.165) is 63.6 Å². The van der Waals surface area contributed by atoms with Crippen molar-refractivity contribution in [3.05, 3.63) is 111 Å². The zero-order valence-electron chi connectivity index (χ0n) is 25.7. The van der Waals surface area contributed by atoms with Crippen molar-refractivity contribution >= 4 is 60.5 Å². The first kappa shape index (κ1) is 30.1. The van der Waals surface area contributed by atoms with Gasteiger partial charge in [-0.2, -0.15) is 0 Å². The van der Waals surface area contributed by atoms with Crippen LogP contribution in [0.1, 0.15) is 52.1 Å². The predicted octanol–water partition coefficient (Wildman–Crippen LogP) is 9.53. The molecule has 234 valence electrons. The number of anilines is 1. The van der Waals surface area contributed by atoms with Gasteiger partial charge in [0.25, 0.3) is 0 Å². The molecule has 7 nitrogen and oxygen atoms in total. The maximum absolute atomic E-state index is 6.43. The molecular formula is C37H32ClN7S2. The molecule has 1 N–H and O–H groups in total. The first-order valence-corrected chi connectivity index (χ1v) is 18.1. The average Bonchev–Trinajstić information content (AvgIpc) is 3.71. The van der Waals surface area contributed by atoms with Gasteiger partial charge in [-0.15, -0.1) is 22.7 Å². The predicted molar refractivity (Wildman–Crippen MR) is 193 cm³/mol. The summed E-state index contributed by atoms with van der Waals surface area (Å²) >= 11 is 10.0. The summed E-state index contributed by atoms with van der Waals surface area (Å²) in [5.41, 5.74) is 6.04. The lowest BCUT2D eigenvalue weighted by Crippen LogP contribution is -2.05. The van der Waals surface area contributed by atoms with E-state index in [4.69, 9.17) is 26.6 Å². The molecule has 0 saturated heterocycles. The molecule has 7 aromatic rings. The van der Waals surface area contributed by atoms with Crippen molar-refractivity contribution in [2.24, 2.45) is 0 Å². The number of nitrogens with one attached hydrogen (secondary N) is 1. The van der Waals surface area contributed by atoms with Crippen LogP contribution in [0.5, 0.6) is 0 Å². The molecule has 10 heteroatoms. The Hall–Kier alpha value is -4.31. The molecule has 0 fully saturated rings. The van der Waals surface area contributed by atoms with E-state index in [0.29, 0.717) is 11.0 Å². The quantitative estimate of drug-likeness (QED) is 0.182. The van der Waals surface area contributed by atoms with E-state index >= 15 is 0 Å². The monoisotopic (exact) mass is 673 g/mol. The summed E-state index contributed by atoms with van der Waals surface area (Å²) in [6.07, 6.45) is 16.7. The lowest BCUT2D eigenvalue weighted by molar-refractivity contribution is 0.700. The Kier molecular flexibility index (Phi) is 8.59. The molecule has 2 aliphatic rings. The van der Waals surface area contributed by atoms with Crippen molar-refractivity contribution in [1.29, 1.82) is 0 Å². The molecular weight excluding hydrogens is 642 g/mol. The highest BCUT2D eigenvalue weighted by Crippen LogP contribution is 2.41. The van der Waals surface area contributed by atoms with Crippen LogP contribution in [-0.2, 0) is 32.2 Å². The second-order valence-electron chi connectivity index (χ2n) is 11.8. The topological polar surface area (TPSA) is 89.4 Å². The number of hydrogen-bond acceptors (Lipinski definition) is 9. The fourth-order valence-corrected chi connectivity index (χ4v) is 9.30. The van der Waals surface area contributed by atoms with Crippen LogP contribution >= 0.6 is 34.3 Å². The van der Waals surface area contributed by atoms with E-state index in [1.54, 1.807) is 36.1 Å². The summed E-state index contributed by atoms with van der Waals surface area (Å²) in [7, 11) is 0. The van der Waals surface area contributed by atoms with Crippen LogP contribution in [0.4, 0.5) is 5.82 Å². The Morgan fingerprint density at radius 1 is 0.596 bits per heavy atom. The van der Waals surface area contributed by atoms with Gasteiger partial charge in [-0.3, -0.25) is 9.97 Å². The van der Waals surface area contributed by atoms with Gasteiger partial charge in [0.05, 0.1) is 10.8 Å². The Morgan fingerprint density at radius 3 is 1.74 bits per heavy atom. The van der Waals surface area contributed by atoms with Crippen LogP contribution in [-0.4, -0.2) is 29.9 Å². The molecule has 9 rings (SSSR count). The Bertz CT molecular complexity index is 2170. The molecule has 6 aromatic heterocycles. The number of hydrogen-bond donors (Lipinski definition) is 1. The van der Waals surface area contributed by atoms with Crippen molar-refractivity contribution in [2.75, 3.05) is 5.32 Å². The van der Waals surface area contributed by atoms with Crippen LogP contribution in [0, 0.1) is 0 Å². The molecule has 2 aliphatic carbocycles. The van der Waals surface area contributed by atoms with E-state index in [1.807, 2.05) is 41.7 Å². The fraction of sp³-hybridized carbons (Fsp3) is 0.243. The van der Waals surface area contributed by atoms with E-state index in [1.165, 1.54) is 63.9 Å². The largest absolute Gasteiger partial charge is 0.365 e. The van der Waals surface area contributed by atoms with Crippen LogP contribution in [0.3, 0.4) is 0 Å². The highest BCUT2D eigenvalue weighted by molar-refractivity contribution is 7.19. The van der Waals surface area contributed by atoms with Gasteiger partial charge in [-0.05, 0) is 92.3 Å². The Balaban J connectivity index is 0.000000144. The number of benzene rings is 1. The van der Waals surface area contributed by atoms with Crippen molar-refractivity contribution in [2.45, 2.75) is 57.9 Å². The van der Waals surface area contributed by atoms with Crippen LogP contribution in [0.25, 0.3) is 43.2 Å². The van der Waals surface area contributed by atoms with Gasteiger partial charge in [-0.25, -0.2) is 19.9 Å². The molecule has 0 spiro atoms. The van der Waals surface area contributed by atoms with Crippen molar-refractivity contribution < 1.29 is 0 Å². The third kappa shape index (κ3) is 6.23. The fourth-order valence-electron chi connectivity index (χ4n) is 6.44. The highest BCUT2D eigenvalue weighted by atomic mass is 35.5. The summed E-state index contributed by atoms with van der Waals surface area (Å²) in [4.78, 5) is 32.2. The number of aryl methyl sites for hydroxylation is 4. The van der Waals surface area contributed by atoms with Crippen molar-refractivity contribution in [1.82, 2.24) is 29.9 Å².